The number of rotatable bonds is 3. The first-order valence-corrected chi connectivity index (χ1v) is 8.15. The molecule has 0 radical (unpaired) electrons. The number of fused-ring (bicyclic) bond motifs is 3. The average molecular weight is 309 g/mol. The van der Waals surface area contributed by atoms with Crippen molar-refractivity contribution in [3.63, 3.8) is 0 Å². The minimum atomic E-state index is 1.18. The normalized spacial score (nSPS) is 10.9. The molecule has 0 unspecified atom stereocenters. The Morgan fingerprint density at radius 3 is 2.25 bits per heavy atom. The lowest BCUT2D eigenvalue weighted by atomic mass is 9.96. The van der Waals surface area contributed by atoms with Gasteiger partial charge in [0, 0.05) is 23.8 Å². The van der Waals surface area contributed by atoms with Gasteiger partial charge in [0.25, 0.3) is 0 Å². The van der Waals surface area contributed by atoms with Crippen LogP contribution in [0.1, 0.15) is 5.56 Å². The maximum Gasteiger partial charge on any atom is 0.0494 e. The minimum absolute atomic E-state index is 1.18. The van der Waals surface area contributed by atoms with Crippen LogP contribution in [-0.2, 0) is 0 Å². The summed E-state index contributed by atoms with van der Waals surface area (Å²) in [4.78, 5) is 2.25. The highest BCUT2D eigenvalue weighted by molar-refractivity contribution is 6.16. The van der Waals surface area contributed by atoms with Crippen molar-refractivity contribution in [1.29, 1.82) is 0 Å². The number of hydrogen-bond donors (Lipinski definition) is 0. The van der Waals surface area contributed by atoms with Crippen LogP contribution < -0.4 is 4.90 Å². The molecule has 0 saturated heterocycles. The third-order valence-corrected chi connectivity index (χ3v) is 4.62. The van der Waals surface area contributed by atoms with Gasteiger partial charge in [-0.05, 0) is 39.9 Å². The Labute approximate surface area is 142 Å². The van der Waals surface area contributed by atoms with Crippen LogP contribution in [0.3, 0.4) is 0 Å². The second-order valence-electron chi connectivity index (χ2n) is 5.99. The predicted molar refractivity (Wildman–Crippen MR) is 106 cm³/mol. The number of para-hydroxylation sites is 1. The van der Waals surface area contributed by atoms with E-state index in [0.29, 0.717) is 0 Å². The van der Waals surface area contributed by atoms with Crippen molar-refractivity contribution in [3.8, 4) is 0 Å². The smallest absolute Gasteiger partial charge is 0.0494 e. The predicted octanol–water partition coefficient (Wildman–Crippen LogP) is 6.40. The Morgan fingerprint density at radius 1 is 0.792 bits per heavy atom. The number of anilines is 2. The quantitative estimate of drug-likeness (QED) is 0.395. The third-order valence-electron chi connectivity index (χ3n) is 4.62. The molecule has 116 valence electrons. The van der Waals surface area contributed by atoms with Crippen molar-refractivity contribution in [3.05, 3.63) is 91.0 Å². The lowest BCUT2D eigenvalue weighted by Gasteiger charge is -2.23. The number of hydrogen-bond acceptors (Lipinski definition) is 1. The van der Waals surface area contributed by atoms with Crippen molar-refractivity contribution in [2.45, 2.75) is 0 Å². The molecule has 0 heterocycles. The zero-order chi connectivity index (χ0) is 16.5. The minimum Gasteiger partial charge on any atom is -0.344 e. The van der Waals surface area contributed by atoms with Gasteiger partial charge in [0.1, 0.15) is 0 Å². The zero-order valence-electron chi connectivity index (χ0n) is 13.7. The van der Waals surface area contributed by atoms with Crippen LogP contribution in [0, 0.1) is 0 Å². The Morgan fingerprint density at radius 2 is 1.50 bits per heavy atom. The maximum absolute atomic E-state index is 3.98. The van der Waals surface area contributed by atoms with Crippen molar-refractivity contribution >= 4 is 39.0 Å². The summed E-state index contributed by atoms with van der Waals surface area (Å²) < 4.78 is 0. The van der Waals surface area contributed by atoms with Gasteiger partial charge in [-0.1, -0.05) is 73.3 Å². The number of benzene rings is 4. The average Bonchev–Trinajstić information content (AvgIpc) is 2.67. The van der Waals surface area contributed by atoms with Crippen molar-refractivity contribution in [2.24, 2.45) is 0 Å². The van der Waals surface area contributed by atoms with Crippen molar-refractivity contribution < 1.29 is 0 Å². The molecule has 0 fully saturated rings. The van der Waals surface area contributed by atoms with Gasteiger partial charge in [0.15, 0.2) is 0 Å². The standard InChI is InChI=1S/C23H19N/c1-3-17-10-9-11-18-16-22(24(2)19-12-5-4-6-13-19)20-14-7-8-15-21(20)23(17)18/h3-16H,1H2,2H3. The number of nitrogens with zero attached hydrogens (tertiary/aromatic N) is 1. The molecule has 0 aromatic heterocycles. The molecule has 0 aliphatic heterocycles. The summed E-state index contributed by atoms with van der Waals surface area (Å²) in [6.07, 6.45) is 1.94. The van der Waals surface area contributed by atoms with Crippen LogP contribution in [0.4, 0.5) is 11.4 Å². The molecule has 0 atom stereocenters. The summed E-state index contributed by atoms with van der Waals surface area (Å²) >= 11 is 0. The van der Waals surface area contributed by atoms with E-state index in [1.165, 1.54) is 38.5 Å². The van der Waals surface area contributed by atoms with Gasteiger partial charge in [-0.2, -0.15) is 0 Å². The fraction of sp³-hybridized carbons (Fsp3) is 0.0435. The van der Waals surface area contributed by atoms with Gasteiger partial charge in [-0.15, -0.1) is 0 Å². The van der Waals surface area contributed by atoms with Crippen LogP contribution in [0.15, 0.2) is 85.4 Å². The highest BCUT2D eigenvalue weighted by atomic mass is 15.1. The second kappa shape index (κ2) is 5.86. The van der Waals surface area contributed by atoms with E-state index < -0.39 is 0 Å². The van der Waals surface area contributed by atoms with Crippen LogP contribution >= 0.6 is 0 Å². The Hall–Kier alpha value is -3.06. The molecule has 0 aliphatic rings. The lowest BCUT2D eigenvalue weighted by molar-refractivity contribution is 1.22. The van der Waals surface area contributed by atoms with E-state index in [4.69, 9.17) is 0 Å². The van der Waals surface area contributed by atoms with E-state index >= 15 is 0 Å². The van der Waals surface area contributed by atoms with E-state index in [9.17, 15) is 0 Å². The van der Waals surface area contributed by atoms with Gasteiger partial charge >= 0.3 is 0 Å². The van der Waals surface area contributed by atoms with Gasteiger partial charge in [0.05, 0.1) is 0 Å². The van der Waals surface area contributed by atoms with Crippen molar-refractivity contribution in [1.82, 2.24) is 0 Å². The Kier molecular flexibility index (Phi) is 3.55. The fourth-order valence-electron chi connectivity index (χ4n) is 3.41. The molecule has 4 aromatic rings. The zero-order valence-corrected chi connectivity index (χ0v) is 13.7. The van der Waals surface area contributed by atoms with Crippen molar-refractivity contribution in [2.75, 3.05) is 11.9 Å². The molecule has 0 aliphatic carbocycles. The largest absolute Gasteiger partial charge is 0.344 e. The summed E-state index contributed by atoms with van der Waals surface area (Å²) in [6, 6.07) is 27.8. The van der Waals surface area contributed by atoms with Gasteiger partial charge in [0.2, 0.25) is 0 Å². The molecule has 0 N–H and O–H groups in total. The first-order valence-electron chi connectivity index (χ1n) is 8.15. The fourth-order valence-corrected chi connectivity index (χ4v) is 3.41. The van der Waals surface area contributed by atoms with Crippen LogP contribution in [0.5, 0.6) is 0 Å². The van der Waals surface area contributed by atoms with Crippen LogP contribution in [-0.4, -0.2) is 7.05 Å². The SMILES string of the molecule is C=Cc1cccc2cc(N(C)c3ccccc3)c3ccccc3c12. The summed E-state index contributed by atoms with van der Waals surface area (Å²) in [7, 11) is 2.13. The summed E-state index contributed by atoms with van der Waals surface area (Å²) in [5.74, 6) is 0. The summed E-state index contributed by atoms with van der Waals surface area (Å²) in [6.45, 7) is 3.98. The summed E-state index contributed by atoms with van der Waals surface area (Å²) in [5, 5.41) is 5.03. The van der Waals surface area contributed by atoms with Gasteiger partial charge in [-0.3, -0.25) is 0 Å². The van der Waals surface area contributed by atoms with E-state index in [1.807, 2.05) is 12.1 Å². The van der Waals surface area contributed by atoms with Gasteiger partial charge < -0.3 is 4.90 Å². The molecular weight excluding hydrogens is 290 g/mol. The lowest BCUT2D eigenvalue weighted by Crippen LogP contribution is -2.09. The van der Waals surface area contributed by atoms with Crippen LogP contribution in [0.2, 0.25) is 0 Å². The molecule has 4 aromatic carbocycles. The molecule has 0 saturated carbocycles. The highest BCUT2D eigenvalue weighted by Crippen LogP contribution is 2.37. The molecule has 1 heteroatoms. The van der Waals surface area contributed by atoms with Crippen LogP contribution in [0.25, 0.3) is 27.6 Å². The molecule has 4 rings (SSSR count). The van der Waals surface area contributed by atoms with E-state index in [-0.39, 0.29) is 0 Å². The topological polar surface area (TPSA) is 3.24 Å². The molecule has 0 bridgehead atoms. The third kappa shape index (κ3) is 2.26. The second-order valence-corrected chi connectivity index (χ2v) is 5.99. The Bertz CT molecular complexity index is 1030. The first kappa shape index (κ1) is 14.5. The molecule has 24 heavy (non-hydrogen) atoms. The molecule has 0 amide bonds. The van der Waals surface area contributed by atoms with E-state index in [2.05, 4.69) is 91.3 Å². The highest BCUT2D eigenvalue weighted by Gasteiger charge is 2.12. The van der Waals surface area contributed by atoms with Gasteiger partial charge in [-0.25, -0.2) is 0 Å². The van der Waals surface area contributed by atoms with E-state index in [0.717, 1.165) is 0 Å². The monoisotopic (exact) mass is 309 g/mol. The maximum atomic E-state index is 3.98. The summed E-state index contributed by atoms with van der Waals surface area (Å²) in [5.41, 5.74) is 3.57. The Balaban J connectivity index is 2.07. The van der Waals surface area contributed by atoms with E-state index in [1.54, 1.807) is 0 Å². The first-order chi connectivity index (χ1) is 11.8. The molecule has 0 spiro atoms. The molecule has 1 nitrogen and oxygen atoms in total. The molecular formula is C23H19N.